The van der Waals surface area contributed by atoms with Crippen molar-refractivity contribution in [3.05, 3.63) is 47.3 Å². The normalized spacial score (nSPS) is 10.5. The molecule has 1 N–H and O–H groups in total. The monoisotopic (exact) mass is 253 g/mol. The van der Waals surface area contributed by atoms with Crippen molar-refractivity contribution in [2.24, 2.45) is 7.05 Å². The number of halogens is 2. The zero-order valence-electron chi connectivity index (χ0n) is 9.45. The van der Waals surface area contributed by atoms with E-state index in [2.05, 4.69) is 10.3 Å². The molecular weight excluding hydrogens is 241 g/mol. The summed E-state index contributed by atoms with van der Waals surface area (Å²) in [6.07, 6.45) is 4.36. The topological polar surface area (TPSA) is 29.9 Å². The van der Waals surface area contributed by atoms with Crippen LogP contribution in [0.5, 0.6) is 0 Å². The molecule has 0 aliphatic heterocycles. The highest BCUT2D eigenvalue weighted by Gasteiger charge is 2.03. The van der Waals surface area contributed by atoms with E-state index < -0.39 is 0 Å². The summed E-state index contributed by atoms with van der Waals surface area (Å²) < 4.78 is 15.3. The summed E-state index contributed by atoms with van der Waals surface area (Å²) in [6.45, 7) is 0.613. The lowest BCUT2D eigenvalue weighted by molar-refractivity contribution is 0.629. The van der Waals surface area contributed by atoms with Gasteiger partial charge in [-0.25, -0.2) is 9.37 Å². The smallest absolute Gasteiger partial charge is 0.146 e. The molecule has 5 heteroatoms. The molecular formula is C12H13ClFN3. The summed E-state index contributed by atoms with van der Waals surface area (Å²) in [5, 5.41) is 3.53. The number of aromatic nitrogens is 2. The van der Waals surface area contributed by atoms with Crippen LogP contribution >= 0.6 is 11.6 Å². The molecule has 0 unspecified atom stereocenters. The van der Waals surface area contributed by atoms with Gasteiger partial charge in [-0.1, -0.05) is 11.6 Å². The summed E-state index contributed by atoms with van der Waals surface area (Å²) >= 11 is 5.80. The number of hydrogen-bond acceptors (Lipinski definition) is 2. The van der Waals surface area contributed by atoms with E-state index in [1.165, 1.54) is 12.1 Å². The second-order valence-corrected chi connectivity index (χ2v) is 4.19. The zero-order chi connectivity index (χ0) is 12.3. The lowest BCUT2D eigenvalue weighted by atomic mass is 10.3. The predicted molar refractivity (Wildman–Crippen MR) is 66.8 cm³/mol. The van der Waals surface area contributed by atoms with Crippen molar-refractivity contribution in [2.45, 2.75) is 6.42 Å². The minimum absolute atomic E-state index is 0.297. The molecule has 1 heterocycles. The van der Waals surface area contributed by atoms with Crippen molar-refractivity contribution in [1.82, 2.24) is 9.55 Å². The maximum Gasteiger partial charge on any atom is 0.146 e. The maximum atomic E-state index is 13.4. The predicted octanol–water partition coefficient (Wildman–Crippen LogP) is 2.87. The molecule has 0 saturated heterocycles. The molecule has 0 radical (unpaired) electrons. The van der Waals surface area contributed by atoms with Gasteiger partial charge in [0.15, 0.2) is 0 Å². The Bertz CT molecular complexity index is 510. The van der Waals surface area contributed by atoms with Crippen molar-refractivity contribution in [3.8, 4) is 0 Å². The lowest BCUT2D eigenvalue weighted by Gasteiger charge is -2.07. The zero-order valence-corrected chi connectivity index (χ0v) is 10.2. The van der Waals surface area contributed by atoms with Crippen molar-refractivity contribution < 1.29 is 4.39 Å². The fourth-order valence-electron chi connectivity index (χ4n) is 1.58. The molecule has 1 aromatic carbocycles. The van der Waals surface area contributed by atoms with Gasteiger partial charge in [-0.3, -0.25) is 0 Å². The molecule has 0 bridgehead atoms. The van der Waals surface area contributed by atoms with Gasteiger partial charge in [-0.05, 0) is 18.2 Å². The Morgan fingerprint density at radius 3 is 3.00 bits per heavy atom. The molecule has 0 spiro atoms. The standard InChI is InChI=1S/C12H13ClFN3/c1-17-7-6-16-12(17)4-5-15-11-8-9(13)2-3-10(11)14/h2-3,6-8,15H,4-5H2,1H3. The van der Waals surface area contributed by atoms with Gasteiger partial charge in [0.2, 0.25) is 0 Å². The van der Waals surface area contributed by atoms with Crippen LogP contribution in [0.1, 0.15) is 5.82 Å². The molecule has 0 saturated carbocycles. The van der Waals surface area contributed by atoms with E-state index >= 15 is 0 Å². The summed E-state index contributed by atoms with van der Waals surface area (Å²) in [6, 6.07) is 4.46. The third-order valence-electron chi connectivity index (χ3n) is 2.51. The summed E-state index contributed by atoms with van der Waals surface area (Å²) in [7, 11) is 1.93. The number of hydrogen-bond donors (Lipinski definition) is 1. The summed E-state index contributed by atoms with van der Waals surface area (Å²) in [5.74, 6) is 0.661. The first-order chi connectivity index (χ1) is 8.16. The number of benzene rings is 1. The molecule has 90 valence electrons. The van der Waals surface area contributed by atoms with Crippen LogP contribution in [0.25, 0.3) is 0 Å². The minimum atomic E-state index is -0.297. The number of imidazole rings is 1. The molecule has 0 aliphatic rings. The van der Waals surface area contributed by atoms with E-state index in [0.717, 1.165) is 12.2 Å². The van der Waals surface area contributed by atoms with Gasteiger partial charge in [0.05, 0.1) is 5.69 Å². The average molecular weight is 254 g/mol. The van der Waals surface area contributed by atoms with E-state index in [-0.39, 0.29) is 5.82 Å². The Morgan fingerprint density at radius 1 is 1.47 bits per heavy atom. The Kier molecular flexibility index (Phi) is 3.64. The van der Waals surface area contributed by atoms with Crippen LogP contribution in [0.15, 0.2) is 30.6 Å². The van der Waals surface area contributed by atoms with Crippen LogP contribution in [0.4, 0.5) is 10.1 Å². The Balaban J connectivity index is 1.94. The van der Waals surface area contributed by atoms with E-state index in [9.17, 15) is 4.39 Å². The van der Waals surface area contributed by atoms with Gasteiger partial charge in [0.25, 0.3) is 0 Å². The molecule has 0 atom stereocenters. The van der Waals surface area contributed by atoms with Gasteiger partial charge in [-0.2, -0.15) is 0 Å². The first-order valence-electron chi connectivity index (χ1n) is 5.32. The Labute approximate surface area is 104 Å². The second kappa shape index (κ2) is 5.19. The molecule has 0 fully saturated rings. The molecule has 17 heavy (non-hydrogen) atoms. The lowest BCUT2D eigenvalue weighted by Crippen LogP contribution is -2.09. The molecule has 1 aromatic heterocycles. The maximum absolute atomic E-state index is 13.4. The molecule has 0 aliphatic carbocycles. The highest BCUT2D eigenvalue weighted by atomic mass is 35.5. The van der Waals surface area contributed by atoms with E-state index in [1.54, 1.807) is 12.3 Å². The van der Waals surface area contributed by atoms with Crippen LogP contribution in [0, 0.1) is 5.82 Å². The van der Waals surface area contributed by atoms with Crippen LogP contribution in [0.2, 0.25) is 5.02 Å². The van der Waals surface area contributed by atoms with Gasteiger partial charge in [0.1, 0.15) is 11.6 Å². The molecule has 2 rings (SSSR count). The third-order valence-corrected chi connectivity index (χ3v) is 2.75. The first-order valence-corrected chi connectivity index (χ1v) is 5.70. The van der Waals surface area contributed by atoms with E-state index in [0.29, 0.717) is 17.3 Å². The van der Waals surface area contributed by atoms with Crippen LogP contribution < -0.4 is 5.32 Å². The van der Waals surface area contributed by atoms with Crippen molar-refractivity contribution in [1.29, 1.82) is 0 Å². The van der Waals surface area contributed by atoms with Crippen molar-refractivity contribution >= 4 is 17.3 Å². The molecule has 0 amide bonds. The SMILES string of the molecule is Cn1ccnc1CCNc1cc(Cl)ccc1F. The number of anilines is 1. The quantitative estimate of drug-likeness (QED) is 0.908. The summed E-state index contributed by atoms with van der Waals surface area (Å²) in [4.78, 5) is 4.19. The first kappa shape index (κ1) is 11.9. The van der Waals surface area contributed by atoms with Gasteiger partial charge in [0, 0.05) is 37.4 Å². The van der Waals surface area contributed by atoms with Gasteiger partial charge < -0.3 is 9.88 Å². The molecule has 2 aromatic rings. The number of aryl methyl sites for hydroxylation is 1. The van der Waals surface area contributed by atoms with E-state index in [1.807, 2.05) is 17.8 Å². The average Bonchev–Trinajstić information content (AvgIpc) is 2.70. The van der Waals surface area contributed by atoms with Gasteiger partial charge in [-0.15, -0.1) is 0 Å². The highest BCUT2D eigenvalue weighted by molar-refractivity contribution is 6.30. The molecule has 3 nitrogen and oxygen atoms in total. The third kappa shape index (κ3) is 2.97. The van der Waals surface area contributed by atoms with Crippen LogP contribution in [-0.2, 0) is 13.5 Å². The fraction of sp³-hybridized carbons (Fsp3) is 0.250. The largest absolute Gasteiger partial charge is 0.382 e. The minimum Gasteiger partial charge on any atom is -0.382 e. The van der Waals surface area contributed by atoms with Gasteiger partial charge >= 0.3 is 0 Å². The Hall–Kier alpha value is -1.55. The highest BCUT2D eigenvalue weighted by Crippen LogP contribution is 2.19. The number of rotatable bonds is 4. The fourth-order valence-corrected chi connectivity index (χ4v) is 1.75. The van der Waals surface area contributed by atoms with Crippen LogP contribution in [0.3, 0.4) is 0 Å². The summed E-state index contributed by atoms with van der Waals surface area (Å²) in [5.41, 5.74) is 0.423. The number of nitrogens with one attached hydrogen (secondary N) is 1. The van der Waals surface area contributed by atoms with Crippen LogP contribution in [-0.4, -0.2) is 16.1 Å². The number of nitrogens with zero attached hydrogens (tertiary/aromatic N) is 2. The van der Waals surface area contributed by atoms with E-state index in [4.69, 9.17) is 11.6 Å². The Morgan fingerprint density at radius 2 is 2.29 bits per heavy atom. The second-order valence-electron chi connectivity index (χ2n) is 3.76. The van der Waals surface area contributed by atoms with Crippen molar-refractivity contribution in [2.75, 3.05) is 11.9 Å². The van der Waals surface area contributed by atoms with Crippen molar-refractivity contribution in [3.63, 3.8) is 0 Å².